The van der Waals surface area contributed by atoms with Gasteiger partial charge in [-0.05, 0) is 62.3 Å². The molecule has 2 atom stereocenters. The number of ether oxygens (including phenoxy) is 1. The van der Waals surface area contributed by atoms with Crippen LogP contribution in [-0.4, -0.2) is 30.1 Å². The largest absolute Gasteiger partial charge is 0.499 e. The zero-order chi connectivity index (χ0) is 19.8. The molecule has 0 radical (unpaired) electrons. The number of aliphatic imine (C=N–C) groups is 1. The van der Waals surface area contributed by atoms with Crippen molar-refractivity contribution in [2.24, 2.45) is 4.99 Å². The monoisotopic (exact) mass is 365 g/mol. The van der Waals surface area contributed by atoms with Crippen LogP contribution in [0.4, 0.5) is 0 Å². The van der Waals surface area contributed by atoms with Crippen molar-refractivity contribution in [3.05, 3.63) is 71.0 Å². The number of aliphatic hydroxyl groups excluding tert-OH is 1. The lowest BCUT2D eigenvalue weighted by molar-refractivity contribution is 0.130. The molecule has 1 heterocycles. The molecule has 1 aromatic rings. The summed E-state index contributed by atoms with van der Waals surface area (Å²) < 4.78 is 5.64. The molecule has 144 valence electrons. The molecule has 0 bridgehead atoms. The van der Waals surface area contributed by atoms with Crippen LogP contribution in [-0.2, 0) is 16.6 Å². The number of methoxy groups -OCH3 is 1. The minimum atomic E-state index is -0.643. The Kier molecular flexibility index (Phi) is 5.18. The first-order valence-corrected chi connectivity index (χ1v) is 9.79. The topological polar surface area (TPSA) is 41.8 Å². The van der Waals surface area contributed by atoms with Crippen LogP contribution < -0.4 is 0 Å². The van der Waals surface area contributed by atoms with Crippen LogP contribution >= 0.6 is 0 Å². The molecule has 0 saturated carbocycles. The SMILES string of the molecule is C=C(/C=C\CC)C1=NC(C)(C(=C)OC)C2(CCO)CCc3cc(C)cc1c32. The molecule has 1 N–H and O–H groups in total. The smallest absolute Gasteiger partial charge is 0.125 e. The van der Waals surface area contributed by atoms with Gasteiger partial charge in [-0.2, -0.15) is 0 Å². The van der Waals surface area contributed by atoms with Crippen LogP contribution in [0.3, 0.4) is 0 Å². The summed E-state index contributed by atoms with van der Waals surface area (Å²) in [6, 6.07) is 4.50. The van der Waals surface area contributed by atoms with E-state index in [1.165, 1.54) is 16.7 Å². The van der Waals surface area contributed by atoms with Crippen LogP contribution in [0.1, 0.15) is 55.4 Å². The molecular formula is C24H31NO2. The average molecular weight is 366 g/mol. The van der Waals surface area contributed by atoms with Gasteiger partial charge < -0.3 is 9.84 Å². The minimum Gasteiger partial charge on any atom is -0.499 e. The highest BCUT2D eigenvalue weighted by molar-refractivity contribution is 6.16. The Morgan fingerprint density at radius 3 is 2.74 bits per heavy atom. The van der Waals surface area contributed by atoms with Crippen molar-refractivity contribution in [2.75, 3.05) is 13.7 Å². The van der Waals surface area contributed by atoms with Crippen LogP contribution in [0.25, 0.3) is 0 Å². The highest BCUT2D eigenvalue weighted by atomic mass is 16.5. The Balaban J connectivity index is 2.34. The Morgan fingerprint density at radius 2 is 2.11 bits per heavy atom. The molecule has 1 aliphatic heterocycles. The first kappa shape index (κ1) is 19.6. The molecule has 3 heteroatoms. The van der Waals surface area contributed by atoms with Gasteiger partial charge in [0.05, 0.1) is 12.8 Å². The quantitative estimate of drug-likeness (QED) is 0.557. The Morgan fingerprint density at radius 1 is 1.37 bits per heavy atom. The van der Waals surface area contributed by atoms with Crippen molar-refractivity contribution in [1.29, 1.82) is 0 Å². The van der Waals surface area contributed by atoms with Crippen molar-refractivity contribution >= 4 is 5.71 Å². The van der Waals surface area contributed by atoms with Crippen LogP contribution in [0, 0.1) is 6.92 Å². The Hall–Kier alpha value is -2.13. The maximum atomic E-state index is 9.95. The Labute approximate surface area is 163 Å². The number of rotatable bonds is 7. The number of allylic oxidation sites excluding steroid dienone is 3. The van der Waals surface area contributed by atoms with E-state index in [4.69, 9.17) is 9.73 Å². The molecule has 0 amide bonds. The molecular weight excluding hydrogens is 334 g/mol. The molecule has 1 aliphatic carbocycles. The van der Waals surface area contributed by atoms with Gasteiger partial charge >= 0.3 is 0 Å². The van der Waals surface area contributed by atoms with Crippen LogP contribution in [0.15, 0.2) is 53.8 Å². The van der Waals surface area contributed by atoms with Gasteiger partial charge in [-0.15, -0.1) is 0 Å². The molecule has 0 aromatic heterocycles. The summed E-state index contributed by atoms with van der Waals surface area (Å²) >= 11 is 0. The van der Waals surface area contributed by atoms with Gasteiger partial charge in [-0.1, -0.05) is 43.9 Å². The summed E-state index contributed by atoms with van der Waals surface area (Å²) in [4.78, 5) is 5.23. The summed E-state index contributed by atoms with van der Waals surface area (Å²) in [6.07, 6.45) is 7.68. The standard InChI is InChI=1S/C24H31NO2/c1-7-8-9-17(3)22-20-15-16(2)14-19-10-11-24(12-13-26,21(19)20)23(5,25-22)18(4)27-6/h8-9,14-15,26H,3-4,7,10-13H2,1-2,5-6H3/b9-8-. The van der Waals surface area contributed by atoms with E-state index in [-0.39, 0.29) is 12.0 Å². The third-order valence-corrected chi connectivity index (χ3v) is 6.37. The van der Waals surface area contributed by atoms with E-state index in [2.05, 4.69) is 58.2 Å². The van der Waals surface area contributed by atoms with E-state index in [1.54, 1.807) is 7.11 Å². The molecule has 0 spiro atoms. The van der Waals surface area contributed by atoms with Gasteiger partial charge in [0.1, 0.15) is 11.3 Å². The molecule has 2 unspecified atom stereocenters. The average Bonchev–Trinajstić information content (AvgIpc) is 3.02. The van der Waals surface area contributed by atoms with Crippen molar-refractivity contribution < 1.29 is 9.84 Å². The molecule has 27 heavy (non-hydrogen) atoms. The maximum Gasteiger partial charge on any atom is 0.125 e. The van der Waals surface area contributed by atoms with E-state index >= 15 is 0 Å². The molecule has 2 aliphatic rings. The summed E-state index contributed by atoms with van der Waals surface area (Å²) in [7, 11) is 1.65. The molecule has 0 saturated heterocycles. The normalized spacial score (nSPS) is 26.0. The fraction of sp³-hybridized carbons (Fsp3) is 0.458. The van der Waals surface area contributed by atoms with Gasteiger partial charge in [0.15, 0.2) is 0 Å². The number of aliphatic hydroxyl groups is 1. The van der Waals surface area contributed by atoms with E-state index in [0.717, 1.165) is 36.1 Å². The van der Waals surface area contributed by atoms with Gasteiger partial charge in [-0.3, -0.25) is 4.99 Å². The summed E-state index contributed by atoms with van der Waals surface area (Å²) in [5, 5.41) is 9.95. The third kappa shape index (κ3) is 2.80. The number of hydrogen-bond donors (Lipinski definition) is 1. The zero-order valence-corrected chi connectivity index (χ0v) is 17.1. The van der Waals surface area contributed by atoms with E-state index < -0.39 is 5.54 Å². The first-order valence-electron chi connectivity index (χ1n) is 9.79. The fourth-order valence-corrected chi connectivity index (χ4v) is 4.96. The summed E-state index contributed by atoms with van der Waals surface area (Å²) in [5.41, 5.74) is 5.93. The minimum absolute atomic E-state index is 0.112. The Bertz CT molecular complexity index is 848. The molecule has 3 rings (SSSR count). The van der Waals surface area contributed by atoms with E-state index in [9.17, 15) is 5.11 Å². The zero-order valence-electron chi connectivity index (χ0n) is 17.1. The second-order valence-corrected chi connectivity index (χ2v) is 7.90. The van der Waals surface area contributed by atoms with Crippen LogP contribution in [0.5, 0.6) is 0 Å². The van der Waals surface area contributed by atoms with Crippen molar-refractivity contribution in [1.82, 2.24) is 0 Å². The molecule has 3 nitrogen and oxygen atoms in total. The summed E-state index contributed by atoms with van der Waals surface area (Å²) in [6.45, 7) is 15.0. The molecule has 1 aromatic carbocycles. The number of nitrogens with zero attached hydrogens (tertiary/aromatic N) is 1. The van der Waals surface area contributed by atoms with Crippen molar-refractivity contribution in [2.45, 2.75) is 57.4 Å². The maximum absolute atomic E-state index is 9.95. The highest BCUT2D eigenvalue weighted by Gasteiger charge is 2.58. The number of hydrogen-bond acceptors (Lipinski definition) is 3. The predicted octanol–water partition coefficient (Wildman–Crippen LogP) is 4.81. The number of benzene rings is 1. The summed E-state index contributed by atoms with van der Waals surface area (Å²) in [5.74, 6) is 0.639. The van der Waals surface area contributed by atoms with E-state index in [0.29, 0.717) is 12.2 Å². The number of aryl methyl sites for hydroxylation is 2. The van der Waals surface area contributed by atoms with Gasteiger partial charge in [0, 0.05) is 17.6 Å². The van der Waals surface area contributed by atoms with E-state index in [1.807, 2.05) is 0 Å². The molecule has 0 fully saturated rings. The predicted molar refractivity (Wildman–Crippen MR) is 113 cm³/mol. The highest BCUT2D eigenvalue weighted by Crippen LogP contribution is 2.57. The fourth-order valence-electron chi connectivity index (χ4n) is 4.96. The second-order valence-electron chi connectivity index (χ2n) is 7.90. The first-order chi connectivity index (χ1) is 12.8. The lowest BCUT2D eigenvalue weighted by Crippen LogP contribution is -2.52. The lowest BCUT2D eigenvalue weighted by Gasteiger charge is -2.49. The van der Waals surface area contributed by atoms with Crippen molar-refractivity contribution in [3.8, 4) is 0 Å². The lowest BCUT2D eigenvalue weighted by atomic mass is 9.60. The van der Waals surface area contributed by atoms with Crippen LogP contribution in [0.2, 0.25) is 0 Å². The van der Waals surface area contributed by atoms with Gasteiger partial charge in [0.25, 0.3) is 0 Å². The second kappa shape index (κ2) is 7.12. The van der Waals surface area contributed by atoms with Gasteiger partial charge in [-0.25, -0.2) is 0 Å². The van der Waals surface area contributed by atoms with Crippen molar-refractivity contribution in [3.63, 3.8) is 0 Å². The van der Waals surface area contributed by atoms with Gasteiger partial charge in [0.2, 0.25) is 0 Å². The third-order valence-electron chi connectivity index (χ3n) is 6.37.